The largest absolute Gasteiger partial charge is 0.347 e. The second-order valence-electron chi connectivity index (χ2n) is 5.51. The Morgan fingerprint density at radius 3 is 2.65 bits per heavy atom. The Bertz CT molecular complexity index is 844. The molecule has 1 N–H and O–H groups in total. The van der Waals surface area contributed by atoms with E-state index in [0.29, 0.717) is 22.0 Å². The van der Waals surface area contributed by atoms with Gasteiger partial charge in [-0.15, -0.1) is 11.3 Å². The highest BCUT2D eigenvalue weighted by atomic mass is 32.2. The zero-order valence-electron chi connectivity index (χ0n) is 12.4. The monoisotopic (exact) mass is 354 g/mol. The van der Waals surface area contributed by atoms with Crippen LogP contribution < -0.4 is 5.32 Å². The molecule has 3 rings (SSSR count). The molecule has 23 heavy (non-hydrogen) atoms. The van der Waals surface area contributed by atoms with E-state index >= 15 is 0 Å². The van der Waals surface area contributed by atoms with Gasteiger partial charge in [0, 0.05) is 11.6 Å². The van der Waals surface area contributed by atoms with E-state index in [0.717, 1.165) is 5.56 Å². The molecule has 2 aromatic rings. The summed E-state index contributed by atoms with van der Waals surface area (Å²) in [7, 11) is -3.04. The molecule has 1 aliphatic heterocycles. The molecule has 1 amide bonds. The van der Waals surface area contributed by atoms with Crippen molar-refractivity contribution in [2.75, 3.05) is 11.5 Å². The van der Waals surface area contributed by atoms with Crippen molar-refractivity contribution in [3.8, 4) is 10.6 Å². The number of carbonyl (C=O) groups excluding carboxylic acids is 1. The molecule has 0 spiro atoms. The van der Waals surface area contributed by atoms with Crippen molar-refractivity contribution >= 4 is 27.1 Å². The van der Waals surface area contributed by atoms with Crippen LogP contribution in [0.3, 0.4) is 0 Å². The fourth-order valence-electron chi connectivity index (χ4n) is 2.48. The van der Waals surface area contributed by atoms with E-state index in [4.69, 9.17) is 0 Å². The summed E-state index contributed by atoms with van der Waals surface area (Å²) >= 11 is 1.21. The number of benzene rings is 1. The second-order valence-corrected chi connectivity index (χ2v) is 8.74. The van der Waals surface area contributed by atoms with Gasteiger partial charge in [0.2, 0.25) is 0 Å². The Hall–Kier alpha value is -1.80. The van der Waals surface area contributed by atoms with Gasteiger partial charge in [0.15, 0.2) is 9.84 Å². The van der Waals surface area contributed by atoms with Crippen LogP contribution in [-0.2, 0) is 9.84 Å². The van der Waals surface area contributed by atoms with Crippen molar-refractivity contribution < 1.29 is 17.6 Å². The zero-order chi connectivity index (χ0) is 16.6. The minimum atomic E-state index is -3.04. The highest BCUT2D eigenvalue weighted by Crippen LogP contribution is 2.28. The summed E-state index contributed by atoms with van der Waals surface area (Å²) in [6.07, 6.45) is 0.441. The van der Waals surface area contributed by atoms with Crippen LogP contribution >= 0.6 is 11.3 Å². The third kappa shape index (κ3) is 3.59. The lowest BCUT2D eigenvalue weighted by Gasteiger charge is -2.09. The number of hydrogen-bond donors (Lipinski definition) is 1. The summed E-state index contributed by atoms with van der Waals surface area (Å²) in [5, 5.41) is 3.39. The van der Waals surface area contributed by atoms with Gasteiger partial charge in [0.1, 0.15) is 15.7 Å². The third-order valence-electron chi connectivity index (χ3n) is 3.66. The number of rotatable bonds is 3. The van der Waals surface area contributed by atoms with Crippen molar-refractivity contribution in [2.24, 2.45) is 0 Å². The minimum absolute atomic E-state index is 0.0125. The van der Waals surface area contributed by atoms with Gasteiger partial charge in [0.05, 0.1) is 17.2 Å². The zero-order valence-corrected chi connectivity index (χ0v) is 14.0. The first-order valence-electron chi connectivity index (χ1n) is 7.09. The van der Waals surface area contributed by atoms with E-state index in [9.17, 15) is 17.6 Å². The molecule has 1 atom stereocenters. The number of carbonyl (C=O) groups is 1. The maximum atomic E-state index is 13.0. The molecule has 1 aliphatic rings. The van der Waals surface area contributed by atoms with E-state index in [1.165, 1.54) is 23.5 Å². The summed E-state index contributed by atoms with van der Waals surface area (Å²) in [4.78, 5) is 17.1. The van der Waals surface area contributed by atoms with Gasteiger partial charge in [-0.05, 0) is 37.6 Å². The molecule has 0 saturated carbocycles. The molecule has 5 nitrogen and oxygen atoms in total. The number of aryl methyl sites for hydroxylation is 1. The molecule has 0 bridgehead atoms. The van der Waals surface area contributed by atoms with Gasteiger partial charge >= 0.3 is 0 Å². The normalized spacial score (nSPS) is 19.7. The minimum Gasteiger partial charge on any atom is -0.347 e. The Kier molecular flexibility index (Phi) is 4.20. The van der Waals surface area contributed by atoms with E-state index in [2.05, 4.69) is 10.3 Å². The number of halogens is 1. The van der Waals surface area contributed by atoms with Crippen molar-refractivity contribution in [3.63, 3.8) is 0 Å². The summed E-state index contributed by atoms with van der Waals surface area (Å²) in [5.74, 6) is -0.542. The standard InChI is InChI=1S/C15H15FN2O3S2/c1-9-13(14(19)18-12-6-7-23(20,21)8-12)22-15(17-9)10-2-4-11(16)5-3-10/h2-5,12H,6-8H2,1H3,(H,18,19)/t12-/m0/s1. The molecule has 8 heteroatoms. The molecule has 122 valence electrons. The number of amides is 1. The summed E-state index contributed by atoms with van der Waals surface area (Å²) in [6.45, 7) is 1.73. The Balaban J connectivity index is 1.78. The Morgan fingerprint density at radius 2 is 2.04 bits per heavy atom. The quantitative estimate of drug-likeness (QED) is 0.917. The lowest BCUT2D eigenvalue weighted by molar-refractivity contribution is 0.0944. The van der Waals surface area contributed by atoms with Gasteiger partial charge in [-0.1, -0.05) is 0 Å². The van der Waals surface area contributed by atoms with Crippen LogP contribution in [0.1, 0.15) is 21.8 Å². The number of hydrogen-bond acceptors (Lipinski definition) is 5. The molecular formula is C15H15FN2O3S2. The molecule has 1 saturated heterocycles. The van der Waals surface area contributed by atoms with Gasteiger partial charge < -0.3 is 5.32 Å². The first kappa shape index (κ1) is 16.1. The van der Waals surface area contributed by atoms with Crippen LogP contribution in [0.2, 0.25) is 0 Å². The molecular weight excluding hydrogens is 339 g/mol. The Labute approximate surface area is 137 Å². The molecule has 2 heterocycles. The summed E-state index contributed by atoms with van der Waals surface area (Å²) in [6, 6.07) is 5.56. The molecule has 0 aliphatic carbocycles. The first-order chi connectivity index (χ1) is 10.8. The average molecular weight is 354 g/mol. The van der Waals surface area contributed by atoms with Gasteiger partial charge in [-0.3, -0.25) is 4.79 Å². The Morgan fingerprint density at radius 1 is 1.35 bits per heavy atom. The fourth-order valence-corrected chi connectivity index (χ4v) is 5.13. The summed E-state index contributed by atoms with van der Waals surface area (Å²) < 4.78 is 35.9. The number of thiazole rings is 1. The molecule has 0 unspecified atom stereocenters. The van der Waals surface area contributed by atoms with Crippen LogP contribution in [0.15, 0.2) is 24.3 Å². The fraction of sp³-hybridized carbons (Fsp3) is 0.333. The van der Waals surface area contributed by atoms with Gasteiger partial charge in [-0.25, -0.2) is 17.8 Å². The van der Waals surface area contributed by atoms with Crippen molar-refractivity contribution in [1.82, 2.24) is 10.3 Å². The average Bonchev–Trinajstić information content (AvgIpc) is 3.02. The maximum absolute atomic E-state index is 13.0. The number of nitrogens with one attached hydrogen (secondary N) is 1. The van der Waals surface area contributed by atoms with Crippen molar-refractivity contribution in [1.29, 1.82) is 0 Å². The predicted molar refractivity (Wildman–Crippen MR) is 86.8 cm³/mol. The second kappa shape index (κ2) is 6.01. The smallest absolute Gasteiger partial charge is 0.263 e. The number of aromatic nitrogens is 1. The molecule has 1 aromatic carbocycles. The van der Waals surface area contributed by atoms with Crippen LogP contribution in [0.4, 0.5) is 4.39 Å². The van der Waals surface area contributed by atoms with Crippen LogP contribution in [0, 0.1) is 12.7 Å². The third-order valence-corrected chi connectivity index (χ3v) is 6.63. The number of nitrogens with zero attached hydrogens (tertiary/aromatic N) is 1. The molecule has 1 fully saturated rings. The highest BCUT2D eigenvalue weighted by Gasteiger charge is 2.30. The molecule has 0 radical (unpaired) electrons. The van der Waals surface area contributed by atoms with Gasteiger partial charge in [0.25, 0.3) is 5.91 Å². The van der Waals surface area contributed by atoms with E-state index in [1.54, 1.807) is 19.1 Å². The summed E-state index contributed by atoms with van der Waals surface area (Å²) in [5.41, 5.74) is 1.31. The van der Waals surface area contributed by atoms with E-state index in [1.807, 2.05) is 0 Å². The lowest BCUT2D eigenvalue weighted by atomic mass is 10.2. The number of sulfone groups is 1. The van der Waals surface area contributed by atoms with Gasteiger partial charge in [-0.2, -0.15) is 0 Å². The van der Waals surface area contributed by atoms with Crippen molar-refractivity contribution in [2.45, 2.75) is 19.4 Å². The SMILES string of the molecule is Cc1nc(-c2ccc(F)cc2)sc1C(=O)N[C@H]1CCS(=O)(=O)C1. The predicted octanol–water partition coefficient (Wildman–Crippen LogP) is 2.17. The van der Waals surface area contributed by atoms with Crippen LogP contribution in [0.25, 0.3) is 10.6 Å². The van der Waals surface area contributed by atoms with E-state index < -0.39 is 9.84 Å². The first-order valence-corrected chi connectivity index (χ1v) is 9.72. The highest BCUT2D eigenvalue weighted by molar-refractivity contribution is 7.91. The molecule has 1 aromatic heterocycles. The van der Waals surface area contributed by atoms with Crippen molar-refractivity contribution in [3.05, 3.63) is 40.7 Å². The van der Waals surface area contributed by atoms with Crippen LogP contribution in [-0.4, -0.2) is 36.9 Å². The van der Waals surface area contributed by atoms with E-state index in [-0.39, 0.29) is 29.3 Å². The lowest BCUT2D eigenvalue weighted by Crippen LogP contribution is -2.35. The van der Waals surface area contributed by atoms with Crippen LogP contribution in [0.5, 0.6) is 0 Å². The topological polar surface area (TPSA) is 76.1 Å². The maximum Gasteiger partial charge on any atom is 0.263 e.